The van der Waals surface area contributed by atoms with Crippen molar-refractivity contribution in [2.75, 3.05) is 25.5 Å². The van der Waals surface area contributed by atoms with Crippen LogP contribution in [0.3, 0.4) is 0 Å². The molecule has 2 rings (SSSR count). The van der Waals surface area contributed by atoms with Crippen LogP contribution in [-0.2, 0) is 4.79 Å². The second-order valence-electron chi connectivity index (χ2n) is 5.40. The molecule has 0 spiro atoms. The topological polar surface area (TPSA) is 43.8 Å². The maximum absolute atomic E-state index is 11.2. The fourth-order valence-electron chi connectivity index (χ4n) is 2.76. The second-order valence-corrected chi connectivity index (χ2v) is 5.40. The van der Waals surface area contributed by atoms with E-state index in [1.807, 2.05) is 14.1 Å². The summed E-state index contributed by atoms with van der Waals surface area (Å²) in [6, 6.07) is 8.17. The van der Waals surface area contributed by atoms with Gasteiger partial charge in [-0.1, -0.05) is 12.1 Å². The summed E-state index contributed by atoms with van der Waals surface area (Å²) >= 11 is 0. The Morgan fingerprint density at radius 3 is 2.53 bits per heavy atom. The Morgan fingerprint density at radius 1 is 1.37 bits per heavy atom. The maximum atomic E-state index is 11.2. The number of anilines is 1. The summed E-state index contributed by atoms with van der Waals surface area (Å²) in [5.41, 5.74) is 2.34. The van der Waals surface area contributed by atoms with Gasteiger partial charge < -0.3 is 10.0 Å². The van der Waals surface area contributed by atoms with Crippen molar-refractivity contribution in [1.82, 2.24) is 4.90 Å². The molecule has 1 heterocycles. The lowest BCUT2D eigenvalue weighted by Gasteiger charge is -2.28. The zero-order valence-corrected chi connectivity index (χ0v) is 11.8. The molecule has 0 saturated carbocycles. The summed E-state index contributed by atoms with van der Waals surface area (Å²) in [5, 5.41) is 9.25. The maximum Gasteiger partial charge on any atom is 0.320 e. The molecule has 4 nitrogen and oxygen atoms in total. The van der Waals surface area contributed by atoms with Gasteiger partial charge in [-0.2, -0.15) is 0 Å². The van der Waals surface area contributed by atoms with Gasteiger partial charge in [0.05, 0.1) is 0 Å². The number of hydrogen-bond donors (Lipinski definition) is 1. The molecule has 1 aliphatic heterocycles. The number of carboxylic acid groups (broad SMARTS) is 1. The van der Waals surface area contributed by atoms with Gasteiger partial charge in [0, 0.05) is 25.8 Å². The normalized spacial score (nSPS) is 21.3. The van der Waals surface area contributed by atoms with E-state index < -0.39 is 5.97 Å². The van der Waals surface area contributed by atoms with Crippen molar-refractivity contribution in [2.24, 2.45) is 0 Å². The Balaban J connectivity index is 2.14. The average molecular weight is 262 g/mol. The molecule has 2 atom stereocenters. The number of benzene rings is 1. The number of carboxylic acids is 1. The molecule has 1 aliphatic rings. The lowest BCUT2D eigenvalue weighted by atomic mass is 10.1. The number of likely N-dealkylation sites (tertiary alicyclic amines) is 1. The summed E-state index contributed by atoms with van der Waals surface area (Å²) in [6.07, 6.45) is 1.73. The zero-order chi connectivity index (χ0) is 14.0. The van der Waals surface area contributed by atoms with Gasteiger partial charge in [0.25, 0.3) is 0 Å². The second kappa shape index (κ2) is 5.61. The minimum Gasteiger partial charge on any atom is -0.480 e. The Labute approximate surface area is 114 Å². The Morgan fingerprint density at radius 2 is 2.00 bits per heavy atom. The third-order valence-electron chi connectivity index (χ3n) is 3.97. The zero-order valence-electron chi connectivity index (χ0n) is 11.8. The predicted octanol–water partition coefficient (Wildman–Crippen LogP) is 2.36. The fraction of sp³-hybridized carbons (Fsp3) is 0.533. The molecule has 4 heteroatoms. The van der Waals surface area contributed by atoms with E-state index >= 15 is 0 Å². The van der Waals surface area contributed by atoms with E-state index in [1.54, 1.807) is 0 Å². The van der Waals surface area contributed by atoms with Gasteiger partial charge in [-0.15, -0.1) is 0 Å². The molecule has 104 valence electrons. The lowest BCUT2D eigenvalue weighted by Crippen LogP contribution is -2.37. The van der Waals surface area contributed by atoms with Gasteiger partial charge in [-0.05, 0) is 44.0 Å². The van der Waals surface area contributed by atoms with E-state index in [2.05, 4.69) is 41.0 Å². The Bertz CT molecular complexity index is 442. The number of nitrogens with zero attached hydrogens (tertiary/aromatic N) is 2. The van der Waals surface area contributed by atoms with Crippen molar-refractivity contribution in [3.63, 3.8) is 0 Å². The van der Waals surface area contributed by atoms with Crippen LogP contribution in [0.25, 0.3) is 0 Å². The fourth-order valence-corrected chi connectivity index (χ4v) is 2.76. The van der Waals surface area contributed by atoms with E-state index in [0.29, 0.717) is 0 Å². The lowest BCUT2D eigenvalue weighted by molar-refractivity contribution is -0.142. The molecule has 1 saturated heterocycles. The first-order chi connectivity index (χ1) is 9.00. The minimum atomic E-state index is -0.700. The van der Waals surface area contributed by atoms with Crippen LogP contribution in [-0.4, -0.2) is 42.7 Å². The van der Waals surface area contributed by atoms with Crippen LogP contribution >= 0.6 is 0 Å². The van der Waals surface area contributed by atoms with Crippen LogP contribution in [0, 0.1) is 0 Å². The van der Waals surface area contributed by atoms with Crippen molar-refractivity contribution in [3.8, 4) is 0 Å². The van der Waals surface area contributed by atoms with Gasteiger partial charge in [0.1, 0.15) is 6.04 Å². The third-order valence-corrected chi connectivity index (χ3v) is 3.97. The molecular formula is C15H22N2O2. The molecule has 2 unspecified atom stereocenters. The number of aliphatic carboxylic acids is 1. The highest BCUT2D eigenvalue weighted by Gasteiger charge is 2.33. The van der Waals surface area contributed by atoms with Gasteiger partial charge >= 0.3 is 5.97 Å². The van der Waals surface area contributed by atoms with Crippen molar-refractivity contribution < 1.29 is 9.90 Å². The third kappa shape index (κ3) is 2.89. The highest BCUT2D eigenvalue weighted by molar-refractivity contribution is 5.73. The standard InChI is InChI=1S/C15H22N2O2/c1-11(17-10-4-5-14(17)15(18)19)12-6-8-13(9-7-12)16(2)3/h6-9,11,14H,4-5,10H2,1-3H3,(H,18,19). The molecule has 1 aromatic carbocycles. The first-order valence-electron chi connectivity index (χ1n) is 6.76. The van der Waals surface area contributed by atoms with Gasteiger partial charge in [-0.25, -0.2) is 0 Å². The number of carbonyl (C=O) groups is 1. The minimum absolute atomic E-state index is 0.153. The van der Waals surface area contributed by atoms with Crippen molar-refractivity contribution in [1.29, 1.82) is 0 Å². The summed E-state index contributed by atoms with van der Waals surface area (Å²) in [7, 11) is 4.03. The summed E-state index contributed by atoms with van der Waals surface area (Å²) in [4.78, 5) is 15.4. The molecule has 19 heavy (non-hydrogen) atoms. The molecule has 1 fully saturated rings. The molecular weight excluding hydrogens is 240 g/mol. The van der Waals surface area contributed by atoms with E-state index in [0.717, 1.165) is 25.1 Å². The van der Waals surface area contributed by atoms with E-state index in [1.165, 1.54) is 5.56 Å². The molecule has 0 aromatic heterocycles. The van der Waals surface area contributed by atoms with Crippen LogP contribution in [0.15, 0.2) is 24.3 Å². The van der Waals surface area contributed by atoms with Crippen LogP contribution in [0.1, 0.15) is 31.4 Å². The highest BCUT2D eigenvalue weighted by Crippen LogP contribution is 2.30. The van der Waals surface area contributed by atoms with E-state index in [9.17, 15) is 9.90 Å². The quantitative estimate of drug-likeness (QED) is 0.904. The van der Waals surface area contributed by atoms with Gasteiger partial charge in [-0.3, -0.25) is 9.69 Å². The predicted molar refractivity (Wildman–Crippen MR) is 76.5 cm³/mol. The van der Waals surface area contributed by atoms with Crippen LogP contribution in [0.2, 0.25) is 0 Å². The number of rotatable bonds is 4. The highest BCUT2D eigenvalue weighted by atomic mass is 16.4. The van der Waals surface area contributed by atoms with Crippen molar-refractivity contribution in [2.45, 2.75) is 31.8 Å². The van der Waals surface area contributed by atoms with Gasteiger partial charge in [0.2, 0.25) is 0 Å². The largest absolute Gasteiger partial charge is 0.480 e. The SMILES string of the molecule is CC(c1ccc(N(C)C)cc1)N1CCCC1C(=O)O. The van der Waals surface area contributed by atoms with Crippen LogP contribution in [0.4, 0.5) is 5.69 Å². The van der Waals surface area contributed by atoms with E-state index in [-0.39, 0.29) is 12.1 Å². The summed E-state index contributed by atoms with van der Waals surface area (Å²) in [5.74, 6) is -0.700. The number of hydrogen-bond acceptors (Lipinski definition) is 3. The molecule has 1 aromatic rings. The Kier molecular flexibility index (Phi) is 4.10. The van der Waals surface area contributed by atoms with Crippen molar-refractivity contribution in [3.05, 3.63) is 29.8 Å². The first kappa shape index (κ1) is 13.9. The molecule has 0 radical (unpaired) electrons. The Hall–Kier alpha value is -1.55. The van der Waals surface area contributed by atoms with Crippen LogP contribution in [0.5, 0.6) is 0 Å². The summed E-state index contributed by atoms with van der Waals surface area (Å²) in [6.45, 7) is 2.96. The van der Waals surface area contributed by atoms with E-state index in [4.69, 9.17) is 0 Å². The van der Waals surface area contributed by atoms with Gasteiger partial charge in [0.15, 0.2) is 0 Å². The molecule has 1 N–H and O–H groups in total. The first-order valence-corrected chi connectivity index (χ1v) is 6.76. The average Bonchev–Trinajstić information content (AvgIpc) is 2.87. The van der Waals surface area contributed by atoms with Crippen molar-refractivity contribution >= 4 is 11.7 Å². The molecule has 0 bridgehead atoms. The molecule has 0 amide bonds. The monoisotopic (exact) mass is 262 g/mol. The smallest absolute Gasteiger partial charge is 0.320 e. The summed E-state index contributed by atoms with van der Waals surface area (Å²) < 4.78 is 0. The molecule has 0 aliphatic carbocycles. The van der Waals surface area contributed by atoms with Crippen LogP contribution < -0.4 is 4.90 Å².